The van der Waals surface area contributed by atoms with E-state index in [0.29, 0.717) is 0 Å². The van der Waals surface area contributed by atoms with Crippen LogP contribution in [-0.2, 0) is 39.8 Å². The number of aryl methyl sites for hydroxylation is 1. The second-order valence-corrected chi connectivity index (χ2v) is 9.80. The first-order valence-electron chi connectivity index (χ1n) is 12.7. The van der Waals surface area contributed by atoms with E-state index >= 15 is 0 Å². The van der Waals surface area contributed by atoms with Crippen molar-refractivity contribution in [1.82, 2.24) is 9.13 Å². The Morgan fingerprint density at radius 1 is 0.526 bits per heavy atom. The van der Waals surface area contributed by atoms with Crippen LogP contribution in [0.3, 0.4) is 0 Å². The first-order chi connectivity index (χ1) is 18.3. The summed E-state index contributed by atoms with van der Waals surface area (Å²) in [7, 11) is 2.16. The van der Waals surface area contributed by atoms with Crippen LogP contribution in [0.5, 0.6) is 0 Å². The molecule has 0 unspecified atom stereocenters. The number of para-hydroxylation sites is 3. The van der Waals surface area contributed by atoms with Crippen LogP contribution in [0.15, 0.2) is 121 Å². The molecule has 0 fully saturated rings. The van der Waals surface area contributed by atoms with Gasteiger partial charge in [0.15, 0.2) is 0 Å². The summed E-state index contributed by atoms with van der Waals surface area (Å²) in [6.07, 6.45) is 0. The van der Waals surface area contributed by atoms with Crippen molar-refractivity contribution in [3.8, 4) is 16.8 Å². The number of fused-ring (bicyclic) bond motifs is 8. The van der Waals surface area contributed by atoms with Crippen LogP contribution < -0.4 is 0 Å². The SMILES string of the molecule is Cn1c2ccccc2c2c[c-]c3cc(-c4ccc(-n5c6ccccc6c6ccccc65)cc4)ccc3c21.[Y]. The molecule has 38 heavy (non-hydrogen) atoms. The van der Waals surface area contributed by atoms with Crippen LogP contribution in [0.25, 0.3) is 71.2 Å². The maximum absolute atomic E-state index is 3.57. The minimum absolute atomic E-state index is 0. The summed E-state index contributed by atoms with van der Waals surface area (Å²) in [4.78, 5) is 0. The molecule has 1 radical (unpaired) electrons. The molecule has 0 saturated heterocycles. The van der Waals surface area contributed by atoms with Gasteiger partial charge in [0, 0.05) is 61.7 Å². The molecule has 177 valence electrons. The van der Waals surface area contributed by atoms with E-state index in [-0.39, 0.29) is 32.7 Å². The molecular weight excluding hydrogens is 537 g/mol. The number of hydrogen-bond acceptors (Lipinski definition) is 0. The van der Waals surface area contributed by atoms with E-state index in [0.717, 1.165) is 5.39 Å². The zero-order valence-electron chi connectivity index (χ0n) is 21.0. The molecule has 8 rings (SSSR count). The Bertz CT molecular complexity index is 2090. The van der Waals surface area contributed by atoms with E-state index in [9.17, 15) is 0 Å². The Morgan fingerprint density at radius 2 is 1.08 bits per heavy atom. The molecule has 8 aromatic rings. The maximum atomic E-state index is 3.57. The molecule has 0 aliphatic carbocycles. The van der Waals surface area contributed by atoms with Gasteiger partial charge in [-0.15, -0.1) is 23.6 Å². The Balaban J connectivity index is 0.00000242. The number of nitrogens with zero attached hydrogens (tertiary/aromatic N) is 2. The Kier molecular flexibility index (Phi) is 5.51. The molecule has 0 saturated carbocycles. The quantitative estimate of drug-likeness (QED) is 0.187. The molecule has 2 aromatic heterocycles. The van der Waals surface area contributed by atoms with Gasteiger partial charge >= 0.3 is 0 Å². The van der Waals surface area contributed by atoms with Crippen LogP contribution in [0, 0.1) is 6.07 Å². The van der Waals surface area contributed by atoms with Crippen LogP contribution >= 0.6 is 0 Å². The zero-order valence-corrected chi connectivity index (χ0v) is 23.9. The number of rotatable bonds is 2. The number of aromatic nitrogens is 2. The molecular formula is C35H23N2Y-. The third-order valence-corrected chi connectivity index (χ3v) is 7.83. The number of benzene rings is 6. The van der Waals surface area contributed by atoms with Crippen LogP contribution in [0.1, 0.15) is 0 Å². The fourth-order valence-electron chi connectivity index (χ4n) is 6.10. The summed E-state index contributed by atoms with van der Waals surface area (Å²) < 4.78 is 4.67. The molecule has 0 spiro atoms. The maximum Gasteiger partial charge on any atom is 0.0541 e. The molecule has 0 bridgehead atoms. The normalized spacial score (nSPS) is 11.6. The summed E-state index contributed by atoms with van der Waals surface area (Å²) in [6, 6.07) is 47.3. The average Bonchev–Trinajstić information content (AvgIpc) is 3.45. The summed E-state index contributed by atoms with van der Waals surface area (Å²) in [5.41, 5.74) is 8.57. The fourth-order valence-corrected chi connectivity index (χ4v) is 6.10. The largest absolute Gasteiger partial charge is 0.361 e. The summed E-state index contributed by atoms with van der Waals surface area (Å²) in [6.45, 7) is 0. The summed E-state index contributed by atoms with van der Waals surface area (Å²) >= 11 is 0. The van der Waals surface area contributed by atoms with Gasteiger partial charge in [0.1, 0.15) is 0 Å². The molecule has 0 amide bonds. The van der Waals surface area contributed by atoms with Gasteiger partial charge in [-0.25, -0.2) is 0 Å². The topological polar surface area (TPSA) is 9.86 Å². The zero-order chi connectivity index (χ0) is 24.5. The van der Waals surface area contributed by atoms with E-state index in [1.54, 1.807) is 0 Å². The molecule has 0 aliphatic rings. The molecule has 6 aromatic carbocycles. The molecule has 2 nitrogen and oxygen atoms in total. The van der Waals surface area contributed by atoms with Gasteiger partial charge < -0.3 is 9.13 Å². The van der Waals surface area contributed by atoms with Gasteiger partial charge in [-0.05, 0) is 46.8 Å². The molecule has 0 aliphatic heterocycles. The smallest absolute Gasteiger partial charge is 0.0541 e. The van der Waals surface area contributed by atoms with Gasteiger partial charge in [0.25, 0.3) is 0 Å². The van der Waals surface area contributed by atoms with E-state index in [2.05, 4.69) is 144 Å². The Labute approximate surface area is 246 Å². The van der Waals surface area contributed by atoms with Gasteiger partial charge in [0.2, 0.25) is 0 Å². The predicted molar refractivity (Wildman–Crippen MR) is 157 cm³/mol. The second kappa shape index (κ2) is 8.94. The van der Waals surface area contributed by atoms with Crippen molar-refractivity contribution in [1.29, 1.82) is 0 Å². The third kappa shape index (κ3) is 3.34. The molecule has 0 N–H and O–H groups in total. The molecule has 3 heteroatoms. The van der Waals surface area contributed by atoms with E-state index in [1.165, 1.54) is 65.8 Å². The van der Waals surface area contributed by atoms with Gasteiger partial charge in [-0.3, -0.25) is 0 Å². The van der Waals surface area contributed by atoms with Gasteiger partial charge in [-0.1, -0.05) is 95.2 Å². The Hall–Kier alpha value is -3.72. The number of hydrogen-bond donors (Lipinski definition) is 0. The van der Waals surface area contributed by atoms with Crippen molar-refractivity contribution in [2.45, 2.75) is 0 Å². The van der Waals surface area contributed by atoms with Gasteiger partial charge in [-0.2, -0.15) is 0 Å². The van der Waals surface area contributed by atoms with Crippen molar-refractivity contribution in [3.05, 3.63) is 127 Å². The van der Waals surface area contributed by atoms with E-state index in [4.69, 9.17) is 0 Å². The first kappa shape index (κ1) is 23.4. The standard InChI is InChI=1S/C35H23N2.Y/c1-36-32-11-5-2-10-30(32)31-21-17-25-22-24(16-20-27(25)35(31)36)23-14-18-26(19-15-23)37-33-12-6-3-8-28(33)29-9-4-7-13-34(29)37;/h2-16,18-22H,1H3;/q-1;. The fraction of sp³-hybridized carbons (Fsp3) is 0.0286. The first-order valence-corrected chi connectivity index (χ1v) is 12.7. The van der Waals surface area contributed by atoms with Crippen molar-refractivity contribution in [2.24, 2.45) is 7.05 Å². The van der Waals surface area contributed by atoms with E-state index in [1.807, 2.05) is 0 Å². The van der Waals surface area contributed by atoms with Gasteiger partial charge in [0.05, 0.1) is 11.0 Å². The molecule has 2 heterocycles. The third-order valence-electron chi connectivity index (χ3n) is 7.83. The van der Waals surface area contributed by atoms with Crippen molar-refractivity contribution in [2.75, 3.05) is 0 Å². The minimum Gasteiger partial charge on any atom is -0.361 e. The van der Waals surface area contributed by atoms with Crippen LogP contribution in [0.4, 0.5) is 0 Å². The summed E-state index contributed by atoms with van der Waals surface area (Å²) in [5.74, 6) is 0. The van der Waals surface area contributed by atoms with Crippen molar-refractivity contribution >= 4 is 54.4 Å². The predicted octanol–water partition coefficient (Wildman–Crippen LogP) is 9.05. The van der Waals surface area contributed by atoms with E-state index < -0.39 is 0 Å². The Morgan fingerprint density at radius 3 is 1.74 bits per heavy atom. The van der Waals surface area contributed by atoms with Crippen LogP contribution in [-0.4, -0.2) is 9.13 Å². The van der Waals surface area contributed by atoms with Crippen LogP contribution in [0.2, 0.25) is 0 Å². The second-order valence-electron chi connectivity index (χ2n) is 9.80. The molecule has 0 atom stereocenters. The summed E-state index contributed by atoms with van der Waals surface area (Å²) in [5, 5.41) is 7.49. The minimum atomic E-state index is 0. The monoisotopic (exact) mass is 560 g/mol. The van der Waals surface area contributed by atoms with Crippen molar-refractivity contribution < 1.29 is 32.7 Å². The van der Waals surface area contributed by atoms with Crippen molar-refractivity contribution in [3.63, 3.8) is 0 Å². The average molecular weight is 560 g/mol.